The van der Waals surface area contributed by atoms with E-state index in [-0.39, 0.29) is 29.6 Å². The molecule has 1 aromatic rings. The number of hydrogen-bond donors (Lipinski definition) is 1. The molecule has 0 spiro atoms. The molecule has 1 unspecified atom stereocenters. The Kier molecular flexibility index (Phi) is 6.64. The smallest absolute Gasteiger partial charge is 0.227 e. The minimum atomic E-state index is -0.327. The molecule has 0 saturated carbocycles. The maximum atomic E-state index is 12.6. The monoisotopic (exact) mass is 361 g/mol. The van der Waals surface area contributed by atoms with Gasteiger partial charge in [-0.2, -0.15) is 0 Å². The summed E-state index contributed by atoms with van der Waals surface area (Å²) in [5.41, 5.74) is 0.714. The van der Waals surface area contributed by atoms with Crippen LogP contribution in [0.4, 0.5) is 5.69 Å². The fraction of sp³-hybridized carbons (Fsp3) is 0.600. The van der Waals surface area contributed by atoms with E-state index in [9.17, 15) is 9.59 Å². The summed E-state index contributed by atoms with van der Waals surface area (Å²) in [7, 11) is 4.04. The second kappa shape index (κ2) is 8.54. The Morgan fingerprint density at radius 2 is 2.04 bits per heavy atom. The van der Waals surface area contributed by atoms with Crippen LogP contribution in [0.5, 0.6) is 5.75 Å². The van der Waals surface area contributed by atoms with E-state index < -0.39 is 0 Å². The Bertz CT molecular complexity index is 643. The van der Waals surface area contributed by atoms with Gasteiger partial charge in [-0.25, -0.2) is 0 Å². The second-order valence-corrected chi connectivity index (χ2v) is 7.93. The quantitative estimate of drug-likeness (QED) is 0.771. The highest BCUT2D eigenvalue weighted by Gasteiger charge is 2.36. The first-order chi connectivity index (χ1) is 12.2. The number of ether oxygens (including phenoxy) is 1. The minimum absolute atomic E-state index is 0.0248. The van der Waals surface area contributed by atoms with E-state index in [2.05, 4.69) is 24.1 Å². The fourth-order valence-corrected chi connectivity index (χ4v) is 3.46. The van der Waals surface area contributed by atoms with Crippen molar-refractivity contribution in [1.82, 2.24) is 10.2 Å². The van der Waals surface area contributed by atoms with Gasteiger partial charge in [-0.05, 0) is 38.6 Å². The highest BCUT2D eigenvalue weighted by atomic mass is 16.5. The molecule has 1 atom stereocenters. The molecular weight excluding hydrogens is 330 g/mol. The number of nitrogens with one attached hydrogen (secondary N) is 1. The number of para-hydroxylation sites is 2. The molecule has 0 aliphatic carbocycles. The van der Waals surface area contributed by atoms with Gasteiger partial charge in [-0.15, -0.1) is 0 Å². The van der Waals surface area contributed by atoms with Gasteiger partial charge in [0, 0.05) is 26.1 Å². The van der Waals surface area contributed by atoms with Crippen LogP contribution in [0, 0.1) is 11.3 Å². The fourth-order valence-electron chi connectivity index (χ4n) is 3.46. The number of benzene rings is 1. The summed E-state index contributed by atoms with van der Waals surface area (Å²) < 4.78 is 5.62. The number of carbonyl (C=O) groups is 2. The Morgan fingerprint density at radius 1 is 1.35 bits per heavy atom. The highest BCUT2D eigenvalue weighted by molar-refractivity contribution is 6.01. The average Bonchev–Trinajstić information content (AvgIpc) is 2.94. The lowest BCUT2D eigenvalue weighted by molar-refractivity contribution is -0.126. The molecule has 1 aliphatic rings. The van der Waals surface area contributed by atoms with Crippen LogP contribution in [0.1, 0.15) is 27.2 Å². The molecule has 26 heavy (non-hydrogen) atoms. The van der Waals surface area contributed by atoms with Crippen molar-refractivity contribution in [1.29, 1.82) is 0 Å². The van der Waals surface area contributed by atoms with Crippen LogP contribution in [-0.2, 0) is 9.59 Å². The van der Waals surface area contributed by atoms with E-state index in [1.54, 1.807) is 4.90 Å². The molecule has 6 heteroatoms. The molecule has 0 bridgehead atoms. The molecule has 2 rings (SSSR count). The third-order valence-electron chi connectivity index (χ3n) is 4.44. The number of anilines is 1. The summed E-state index contributed by atoms with van der Waals surface area (Å²) in [5, 5.41) is 3.03. The molecule has 144 valence electrons. The summed E-state index contributed by atoms with van der Waals surface area (Å²) in [6, 6.07) is 7.47. The van der Waals surface area contributed by atoms with E-state index in [1.165, 1.54) is 0 Å². The number of hydrogen-bond acceptors (Lipinski definition) is 4. The number of nitrogens with zero attached hydrogens (tertiary/aromatic N) is 2. The zero-order valence-electron chi connectivity index (χ0n) is 16.5. The van der Waals surface area contributed by atoms with Gasteiger partial charge in [0.25, 0.3) is 0 Å². The Balaban J connectivity index is 2.00. The number of rotatable bonds is 8. The summed E-state index contributed by atoms with van der Waals surface area (Å²) in [5.74, 6) is 0.260. The van der Waals surface area contributed by atoms with Crippen molar-refractivity contribution in [2.45, 2.75) is 27.2 Å². The van der Waals surface area contributed by atoms with Crippen LogP contribution >= 0.6 is 0 Å². The molecular formula is C20H31N3O3. The summed E-state index contributed by atoms with van der Waals surface area (Å²) >= 11 is 0. The maximum Gasteiger partial charge on any atom is 0.227 e. The van der Waals surface area contributed by atoms with Gasteiger partial charge < -0.3 is 19.9 Å². The summed E-state index contributed by atoms with van der Waals surface area (Å²) in [4.78, 5) is 28.8. The number of carbonyl (C=O) groups excluding carboxylic acids is 2. The molecule has 0 aromatic heterocycles. The van der Waals surface area contributed by atoms with Gasteiger partial charge in [0.2, 0.25) is 11.8 Å². The SMILES string of the molecule is CCOc1ccccc1N1CC(C(=O)NCC(C)(C)CN(C)C)CC1=O. The normalized spacial score (nSPS) is 17.7. The second-order valence-electron chi connectivity index (χ2n) is 7.93. The van der Waals surface area contributed by atoms with Crippen molar-refractivity contribution >= 4 is 17.5 Å². The van der Waals surface area contributed by atoms with Crippen LogP contribution in [0.2, 0.25) is 0 Å². The van der Waals surface area contributed by atoms with Crippen molar-refractivity contribution in [3.8, 4) is 5.75 Å². The van der Waals surface area contributed by atoms with Gasteiger partial charge >= 0.3 is 0 Å². The first kappa shape index (κ1) is 20.2. The Hall–Kier alpha value is -2.08. The standard InChI is InChI=1S/C20H31N3O3/c1-6-26-17-10-8-7-9-16(17)23-12-15(11-18(23)24)19(25)21-13-20(2,3)14-22(4)5/h7-10,15H,6,11-14H2,1-5H3,(H,21,25). The Morgan fingerprint density at radius 3 is 2.69 bits per heavy atom. The summed E-state index contributed by atoms with van der Waals surface area (Å²) in [6.07, 6.45) is 0.237. The third kappa shape index (κ3) is 5.21. The lowest BCUT2D eigenvalue weighted by Gasteiger charge is -2.29. The first-order valence-electron chi connectivity index (χ1n) is 9.18. The van der Waals surface area contributed by atoms with E-state index in [0.717, 1.165) is 12.2 Å². The van der Waals surface area contributed by atoms with Gasteiger partial charge in [0.15, 0.2) is 0 Å². The minimum Gasteiger partial charge on any atom is -0.492 e. The molecule has 0 radical (unpaired) electrons. The van der Waals surface area contributed by atoms with Crippen molar-refractivity contribution < 1.29 is 14.3 Å². The summed E-state index contributed by atoms with van der Waals surface area (Å²) in [6.45, 7) is 8.55. The molecule has 6 nitrogen and oxygen atoms in total. The Labute approximate surface area is 156 Å². The third-order valence-corrected chi connectivity index (χ3v) is 4.44. The molecule has 1 aromatic carbocycles. The van der Waals surface area contributed by atoms with Crippen molar-refractivity contribution in [3.05, 3.63) is 24.3 Å². The lowest BCUT2D eigenvalue weighted by atomic mass is 9.92. The molecule has 1 N–H and O–H groups in total. The molecule has 1 saturated heterocycles. The topological polar surface area (TPSA) is 61.9 Å². The zero-order chi connectivity index (χ0) is 19.3. The lowest BCUT2D eigenvalue weighted by Crippen LogP contribution is -2.42. The first-order valence-corrected chi connectivity index (χ1v) is 9.18. The van der Waals surface area contributed by atoms with Gasteiger partial charge in [-0.1, -0.05) is 26.0 Å². The van der Waals surface area contributed by atoms with Crippen molar-refractivity contribution in [3.63, 3.8) is 0 Å². The highest BCUT2D eigenvalue weighted by Crippen LogP contribution is 2.33. The largest absolute Gasteiger partial charge is 0.492 e. The van der Waals surface area contributed by atoms with Crippen LogP contribution < -0.4 is 15.0 Å². The molecule has 1 fully saturated rings. The zero-order valence-corrected chi connectivity index (χ0v) is 16.5. The van der Waals surface area contributed by atoms with E-state index >= 15 is 0 Å². The van der Waals surface area contributed by atoms with E-state index in [1.807, 2.05) is 45.3 Å². The van der Waals surface area contributed by atoms with Crippen LogP contribution in [0.25, 0.3) is 0 Å². The van der Waals surface area contributed by atoms with Crippen molar-refractivity contribution in [2.24, 2.45) is 11.3 Å². The van der Waals surface area contributed by atoms with Crippen LogP contribution in [-0.4, -0.2) is 57.1 Å². The molecule has 1 aliphatic heterocycles. The van der Waals surface area contributed by atoms with E-state index in [0.29, 0.717) is 25.4 Å². The van der Waals surface area contributed by atoms with Gasteiger partial charge in [-0.3, -0.25) is 9.59 Å². The predicted octanol–water partition coefficient (Wildman–Crippen LogP) is 2.14. The molecule has 1 heterocycles. The van der Waals surface area contributed by atoms with Gasteiger partial charge in [0.1, 0.15) is 5.75 Å². The maximum absolute atomic E-state index is 12.6. The van der Waals surface area contributed by atoms with Crippen LogP contribution in [0.3, 0.4) is 0 Å². The van der Waals surface area contributed by atoms with Gasteiger partial charge in [0.05, 0.1) is 18.2 Å². The predicted molar refractivity (Wildman–Crippen MR) is 103 cm³/mol. The number of amides is 2. The van der Waals surface area contributed by atoms with Crippen LogP contribution in [0.15, 0.2) is 24.3 Å². The molecule has 2 amide bonds. The van der Waals surface area contributed by atoms with E-state index in [4.69, 9.17) is 4.74 Å². The van der Waals surface area contributed by atoms with Crippen molar-refractivity contribution in [2.75, 3.05) is 45.2 Å². The average molecular weight is 361 g/mol.